The van der Waals surface area contributed by atoms with Gasteiger partial charge in [0.25, 0.3) is 0 Å². The summed E-state index contributed by atoms with van der Waals surface area (Å²) in [5, 5.41) is 0. The number of anilines is 1. The van der Waals surface area contributed by atoms with Crippen LogP contribution in [0.1, 0.15) is 43.6 Å². The molecular formula is C19H27N5O. The van der Waals surface area contributed by atoms with E-state index in [1.165, 1.54) is 5.56 Å². The molecule has 1 aliphatic rings. The summed E-state index contributed by atoms with van der Waals surface area (Å²) < 4.78 is 2.08. The summed E-state index contributed by atoms with van der Waals surface area (Å²) in [6.45, 7) is 3.63. The van der Waals surface area contributed by atoms with Crippen molar-refractivity contribution in [2.45, 2.75) is 45.2 Å². The molecule has 1 unspecified atom stereocenters. The van der Waals surface area contributed by atoms with Crippen molar-refractivity contribution in [2.75, 3.05) is 25.5 Å². The maximum Gasteiger partial charge on any atom is 0.224 e. The van der Waals surface area contributed by atoms with Crippen LogP contribution in [0.5, 0.6) is 0 Å². The van der Waals surface area contributed by atoms with Crippen LogP contribution in [0.3, 0.4) is 0 Å². The number of aryl methyl sites for hydroxylation is 2. The molecule has 1 amide bonds. The minimum Gasteiger partial charge on any atom is -0.363 e. The van der Waals surface area contributed by atoms with Gasteiger partial charge in [-0.1, -0.05) is 6.92 Å². The van der Waals surface area contributed by atoms with Gasteiger partial charge in [-0.25, -0.2) is 9.97 Å². The fourth-order valence-electron chi connectivity index (χ4n) is 3.52. The third-order valence-electron chi connectivity index (χ3n) is 4.87. The number of aromatic nitrogens is 3. The minimum absolute atomic E-state index is 0.169. The van der Waals surface area contributed by atoms with E-state index in [2.05, 4.69) is 27.5 Å². The van der Waals surface area contributed by atoms with Crippen molar-refractivity contribution in [1.29, 1.82) is 0 Å². The molecule has 1 aliphatic heterocycles. The molecule has 0 aliphatic carbocycles. The molecule has 0 N–H and O–H groups in total. The summed E-state index contributed by atoms with van der Waals surface area (Å²) in [6, 6.07) is 4.30. The number of imidazole rings is 1. The normalized spacial score (nSPS) is 17.1. The molecule has 1 saturated heterocycles. The highest BCUT2D eigenvalue weighted by atomic mass is 16.2. The van der Waals surface area contributed by atoms with Crippen LogP contribution in [0.2, 0.25) is 0 Å². The van der Waals surface area contributed by atoms with Gasteiger partial charge in [-0.15, -0.1) is 0 Å². The molecule has 3 rings (SSSR count). The molecule has 25 heavy (non-hydrogen) atoms. The first kappa shape index (κ1) is 17.5. The highest BCUT2D eigenvalue weighted by Gasteiger charge is 2.30. The van der Waals surface area contributed by atoms with Crippen molar-refractivity contribution in [3.05, 3.63) is 42.1 Å². The Morgan fingerprint density at radius 2 is 2.16 bits per heavy atom. The predicted octanol–water partition coefficient (Wildman–Crippen LogP) is 2.66. The smallest absolute Gasteiger partial charge is 0.224 e. The third kappa shape index (κ3) is 3.83. The number of carbonyl (C=O) groups is 1. The Labute approximate surface area is 149 Å². The van der Waals surface area contributed by atoms with Gasteiger partial charge in [0.2, 0.25) is 5.91 Å². The Morgan fingerprint density at radius 3 is 2.92 bits per heavy atom. The van der Waals surface area contributed by atoms with Gasteiger partial charge in [0.05, 0.1) is 6.04 Å². The fraction of sp³-hybridized carbons (Fsp3) is 0.526. The molecule has 6 heteroatoms. The van der Waals surface area contributed by atoms with Crippen LogP contribution in [0.15, 0.2) is 30.7 Å². The van der Waals surface area contributed by atoms with E-state index in [9.17, 15) is 4.79 Å². The Balaban J connectivity index is 1.68. The number of rotatable bonds is 6. The van der Waals surface area contributed by atoms with Crippen LogP contribution in [-0.2, 0) is 17.8 Å². The molecule has 0 radical (unpaired) electrons. The standard InChI is InChI=1S/C19H27N5O/c1-4-17-21-10-13-23(17)12-8-19(25)24-11-5-6-16(24)15-7-9-20-18(14-15)22(2)3/h7,9-10,13-14,16H,4-6,8,11-12H2,1-3H3. The minimum atomic E-state index is 0.169. The zero-order chi connectivity index (χ0) is 17.8. The van der Waals surface area contributed by atoms with Gasteiger partial charge < -0.3 is 14.4 Å². The maximum atomic E-state index is 12.8. The van der Waals surface area contributed by atoms with Crippen LogP contribution in [0, 0.1) is 0 Å². The molecular weight excluding hydrogens is 314 g/mol. The van der Waals surface area contributed by atoms with E-state index >= 15 is 0 Å². The van der Waals surface area contributed by atoms with Crippen molar-refractivity contribution in [1.82, 2.24) is 19.4 Å². The number of pyridine rings is 1. The largest absolute Gasteiger partial charge is 0.363 e. The lowest BCUT2D eigenvalue weighted by molar-refractivity contribution is -0.132. The SMILES string of the molecule is CCc1nccn1CCC(=O)N1CCCC1c1ccnc(N(C)C)c1. The zero-order valence-electron chi connectivity index (χ0n) is 15.4. The van der Waals surface area contributed by atoms with E-state index in [0.717, 1.165) is 37.4 Å². The number of amides is 1. The number of nitrogens with zero attached hydrogens (tertiary/aromatic N) is 5. The summed E-state index contributed by atoms with van der Waals surface area (Å²) in [6.07, 6.45) is 9.09. The van der Waals surface area contributed by atoms with E-state index in [4.69, 9.17) is 0 Å². The molecule has 1 fully saturated rings. The number of likely N-dealkylation sites (tertiary alicyclic amines) is 1. The molecule has 2 aromatic rings. The molecule has 134 valence electrons. The summed E-state index contributed by atoms with van der Waals surface area (Å²) in [4.78, 5) is 25.6. The van der Waals surface area contributed by atoms with E-state index in [-0.39, 0.29) is 11.9 Å². The highest BCUT2D eigenvalue weighted by Crippen LogP contribution is 2.33. The van der Waals surface area contributed by atoms with Crippen molar-refractivity contribution in [3.8, 4) is 0 Å². The first-order valence-corrected chi connectivity index (χ1v) is 9.03. The first-order valence-electron chi connectivity index (χ1n) is 9.03. The van der Waals surface area contributed by atoms with Gasteiger partial charge in [-0.05, 0) is 30.5 Å². The predicted molar refractivity (Wildman–Crippen MR) is 98.5 cm³/mol. The Kier molecular flexibility index (Phi) is 5.36. The van der Waals surface area contributed by atoms with Gasteiger partial charge >= 0.3 is 0 Å². The van der Waals surface area contributed by atoms with E-state index < -0.39 is 0 Å². The quantitative estimate of drug-likeness (QED) is 0.810. The topological polar surface area (TPSA) is 54.3 Å². The third-order valence-corrected chi connectivity index (χ3v) is 4.87. The molecule has 0 saturated carbocycles. The summed E-state index contributed by atoms with van der Waals surface area (Å²) in [5.74, 6) is 2.19. The second kappa shape index (κ2) is 7.68. The Morgan fingerprint density at radius 1 is 1.32 bits per heavy atom. The fourth-order valence-corrected chi connectivity index (χ4v) is 3.52. The average molecular weight is 341 g/mol. The molecule has 3 heterocycles. The zero-order valence-corrected chi connectivity index (χ0v) is 15.4. The maximum absolute atomic E-state index is 12.8. The van der Waals surface area contributed by atoms with Gasteiger partial charge in [-0.2, -0.15) is 0 Å². The van der Waals surface area contributed by atoms with Crippen molar-refractivity contribution >= 4 is 11.7 Å². The van der Waals surface area contributed by atoms with Gasteiger partial charge in [0.1, 0.15) is 11.6 Å². The first-order chi connectivity index (χ1) is 12.1. The average Bonchev–Trinajstić information content (AvgIpc) is 3.28. The lowest BCUT2D eigenvalue weighted by Gasteiger charge is -2.26. The van der Waals surface area contributed by atoms with Gasteiger partial charge in [0.15, 0.2) is 0 Å². The molecule has 0 bridgehead atoms. The Hall–Kier alpha value is -2.37. The molecule has 1 atom stereocenters. The van der Waals surface area contributed by atoms with Gasteiger partial charge in [0, 0.05) is 58.6 Å². The summed E-state index contributed by atoms with van der Waals surface area (Å²) in [7, 11) is 3.97. The van der Waals surface area contributed by atoms with Crippen LogP contribution in [-0.4, -0.2) is 46.0 Å². The van der Waals surface area contributed by atoms with Crippen LogP contribution >= 0.6 is 0 Å². The lowest BCUT2D eigenvalue weighted by Crippen LogP contribution is -2.31. The van der Waals surface area contributed by atoms with Crippen LogP contribution in [0.4, 0.5) is 5.82 Å². The monoisotopic (exact) mass is 341 g/mol. The van der Waals surface area contributed by atoms with Gasteiger partial charge in [-0.3, -0.25) is 4.79 Å². The van der Waals surface area contributed by atoms with E-state index in [0.29, 0.717) is 13.0 Å². The molecule has 2 aromatic heterocycles. The van der Waals surface area contributed by atoms with Crippen molar-refractivity contribution in [2.24, 2.45) is 0 Å². The molecule has 6 nitrogen and oxygen atoms in total. The summed E-state index contributed by atoms with van der Waals surface area (Å²) in [5.41, 5.74) is 1.18. The van der Waals surface area contributed by atoms with Crippen LogP contribution in [0.25, 0.3) is 0 Å². The molecule has 0 aromatic carbocycles. The van der Waals surface area contributed by atoms with E-state index in [1.54, 1.807) is 0 Å². The van der Waals surface area contributed by atoms with E-state index in [1.807, 2.05) is 48.6 Å². The number of hydrogen-bond donors (Lipinski definition) is 0. The Bertz CT molecular complexity index is 724. The number of hydrogen-bond acceptors (Lipinski definition) is 4. The summed E-state index contributed by atoms with van der Waals surface area (Å²) >= 11 is 0. The second-order valence-electron chi connectivity index (χ2n) is 6.73. The second-order valence-corrected chi connectivity index (χ2v) is 6.73. The lowest BCUT2D eigenvalue weighted by atomic mass is 10.1. The molecule has 0 spiro atoms. The highest BCUT2D eigenvalue weighted by molar-refractivity contribution is 5.77. The van der Waals surface area contributed by atoms with Crippen molar-refractivity contribution in [3.63, 3.8) is 0 Å². The van der Waals surface area contributed by atoms with Crippen molar-refractivity contribution < 1.29 is 4.79 Å². The number of carbonyl (C=O) groups excluding carboxylic acids is 1. The van der Waals surface area contributed by atoms with Crippen LogP contribution < -0.4 is 4.90 Å².